The minimum Gasteiger partial charge on any atom is -0.482 e. The number of amides is 1. The van der Waals surface area contributed by atoms with Gasteiger partial charge >= 0.3 is 0 Å². The number of hydrogen-bond acceptors (Lipinski definition) is 3. The van der Waals surface area contributed by atoms with Crippen LogP contribution < -0.4 is 15.8 Å². The smallest absolute Gasteiger partial charge is 0.257 e. The molecule has 0 aliphatic rings. The molecule has 0 fully saturated rings. The van der Waals surface area contributed by atoms with Crippen LogP contribution in [0.2, 0.25) is 0 Å². The van der Waals surface area contributed by atoms with Crippen molar-refractivity contribution in [2.75, 3.05) is 18.9 Å². The molecule has 0 aliphatic carbocycles. The second-order valence-electron chi connectivity index (χ2n) is 4.24. The first kappa shape index (κ1) is 14.4. The minimum absolute atomic E-state index is 0.0159. The van der Waals surface area contributed by atoms with Crippen molar-refractivity contribution >= 4 is 11.6 Å². The van der Waals surface area contributed by atoms with Gasteiger partial charge in [-0.3, -0.25) is 4.79 Å². The third-order valence-corrected chi connectivity index (χ3v) is 2.63. The highest BCUT2D eigenvalue weighted by molar-refractivity contribution is 5.77. The molecule has 0 saturated heterocycles. The van der Waals surface area contributed by atoms with E-state index in [0.29, 0.717) is 18.0 Å². The zero-order valence-corrected chi connectivity index (χ0v) is 10.9. The summed E-state index contributed by atoms with van der Waals surface area (Å²) in [6, 6.07) is 7.16. The molecule has 100 valence electrons. The van der Waals surface area contributed by atoms with Crippen molar-refractivity contribution in [2.24, 2.45) is 0 Å². The topological polar surface area (TPSA) is 64.3 Å². The summed E-state index contributed by atoms with van der Waals surface area (Å²) in [6.07, 6.45) is 4.59. The number of nitrogens with two attached hydrogens (primary N) is 1. The van der Waals surface area contributed by atoms with E-state index in [1.807, 2.05) is 12.1 Å². The van der Waals surface area contributed by atoms with Crippen LogP contribution in [-0.2, 0) is 4.79 Å². The molecule has 0 unspecified atom stereocenters. The number of nitrogen functional groups attached to an aromatic ring is 1. The molecule has 1 aromatic rings. The molecule has 1 aromatic carbocycles. The standard InChI is InChI=1S/C14H22N2O2/c1-2-3-4-7-10-16-14(17)11-18-13-9-6-5-8-12(13)15/h5-6,8-9H,2-4,7,10-11,15H2,1H3,(H,16,17). The summed E-state index contributed by atoms with van der Waals surface area (Å²) in [5.41, 5.74) is 6.25. The van der Waals surface area contributed by atoms with Crippen LogP contribution in [0.15, 0.2) is 24.3 Å². The lowest BCUT2D eigenvalue weighted by Crippen LogP contribution is -2.29. The Morgan fingerprint density at radius 3 is 2.78 bits per heavy atom. The van der Waals surface area contributed by atoms with Crippen molar-refractivity contribution in [3.8, 4) is 5.75 Å². The highest BCUT2D eigenvalue weighted by Gasteiger charge is 2.03. The largest absolute Gasteiger partial charge is 0.482 e. The molecule has 0 radical (unpaired) electrons. The van der Waals surface area contributed by atoms with E-state index >= 15 is 0 Å². The Morgan fingerprint density at radius 1 is 1.28 bits per heavy atom. The van der Waals surface area contributed by atoms with Gasteiger partial charge in [-0.2, -0.15) is 0 Å². The highest BCUT2D eigenvalue weighted by Crippen LogP contribution is 2.19. The average Bonchev–Trinajstić information content (AvgIpc) is 2.37. The Kier molecular flexibility index (Phi) is 6.69. The zero-order chi connectivity index (χ0) is 13.2. The van der Waals surface area contributed by atoms with Crippen LogP contribution in [0, 0.1) is 0 Å². The number of para-hydroxylation sites is 2. The molecule has 0 aliphatic heterocycles. The van der Waals surface area contributed by atoms with E-state index < -0.39 is 0 Å². The normalized spacial score (nSPS) is 10.1. The number of rotatable bonds is 8. The highest BCUT2D eigenvalue weighted by atomic mass is 16.5. The predicted octanol–water partition coefficient (Wildman–Crippen LogP) is 2.34. The number of anilines is 1. The van der Waals surface area contributed by atoms with Gasteiger partial charge in [-0.1, -0.05) is 38.3 Å². The van der Waals surface area contributed by atoms with Gasteiger partial charge in [0.2, 0.25) is 0 Å². The van der Waals surface area contributed by atoms with Gasteiger partial charge in [-0.15, -0.1) is 0 Å². The summed E-state index contributed by atoms with van der Waals surface area (Å²) in [7, 11) is 0. The van der Waals surface area contributed by atoms with Gasteiger partial charge in [-0.05, 0) is 18.6 Å². The quantitative estimate of drug-likeness (QED) is 0.550. The molecular formula is C14H22N2O2. The summed E-state index contributed by atoms with van der Waals surface area (Å²) in [5, 5.41) is 2.83. The Bertz CT molecular complexity index is 367. The maximum atomic E-state index is 11.5. The summed E-state index contributed by atoms with van der Waals surface area (Å²) >= 11 is 0. The lowest BCUT2D eigenvalue weighted by atomic mass is 10.2. The number of nitrogens with one attached hydrogen (secondary N) is 1. The molecule has 4 nitrogen and oxygen atoms in total. The lowest BCUT2D eigenvalue weighted by molar-refractivity contribution is -0.123. The SMILES string of the molecule is CCCCCCNC(=O)COc1ccccc1N. The number of ether oxygens (including phenoxy) is 1. The van der Waals surface area contributed by atoms with Gasteiger partial charge in [0.1, 0.15) is 5.75 Å². The van der Waals surface area contributed by atoms with E-state index in [0.717, 1.165) is 12.8 Å². The lowest BCUT2D eigenvalue weighted by Gasteiger charge is -2.09. The van der Waals surface area contributed by atoms with Crippen molar-refractivity contribution in [1.82, 2.24) is 5.32 Å². The molecule has 1 amide bonds. The summed E-state index contributed by atoms with van der Waals surface area (Å²) in [4.78, 5) is 11.5. The first-order valence-electron chi connectivity index (χ1n) is 6.48. The predicted molar refractivity (Wildman–Crippen MR) is 73.5 cm³/mol. The number of carbonyl (C=O) groups is 1. The molecule has 0 heterocycles. The van der Waals surface area contributed by atoms with Gasteiger partial charge in [0, 0.05) is 6.54 Å². The fraction of sp³-hybridized carbons (Fsp3) is 0.500. The monoisotopic (exact) mass is 250 g/mol. The molecule has 0 aromatic heterocycles. The number of hydrogen-bond donors (Lipinski definition) is 2. The number of unbranched alkanes of at least 4 members (excludes halogenated alkanes) is 3. The molecule has 4 heteroatoms. The molecule has 0 bridgehead atoms. The second-order valence-corrected chi connectivity index (χ2v) is 4.24. The van der Waals surface area contributed by atoms with Crippen molar-refractivity contribution in [2.45, 2.75) is 32.6 Å². The third kappa shape index (κ3) is 5.57. The fourth-order valence-electron chi connectivity index (χ4n) is 1.59. The van der Waals surface area contributed by atoms with E-state index in [1.54, 1.807) is 12.1 Å². The maximum Gasteiger partial charge on any atom is 0.257 e. The molecule has 0 spiro atoms. The Morgan fingerprint density at radius 2 is 2.06 bits per heavy atom. The molecule has 1 rings (SSSR count). The van der Waals surface area contributed by atoms with Gasteiger partial charge in [-0.25, -0.2) is 0 Å². The van der Waals surface area contributed by atoms with E-state index in [9.17, 15) is 4.79 Å². The second kappa shape index (κ2) is 8.39. The van der Waals surface area contributed by atoms with Crippen LogP contribution in [-0.4, -0.2) is 19.1 Å². The zero-order valence-electron chi connectivity index (χ0n) is 10.9. The summed E-state index contributed by atoms with van der Waals surface area (Å²) < 4.78 is 5.34. The molecule has 0 atom stereocenters. The Balaban J connectivity index is 2.15. The molecule has 0 saturated carbocycles. The van der Waals surface area contributed by atoms with Gasteiger partial charge in [0.25, 0.3) is 5.91 Å². The molecule has 3 N–H and O–H groups in total. The van der Waals surface area contributed by atoms with E-state index in [1.165, 1.54) is 12.8 Å². The first-order chi connectivity index (χ1) is 8.74. The van der Waals surface area contributed by atoms with E-state index in [2.05, 4.69) is 12.2 Å². The summed E-state index contributed by atoms with van der Waals surface area (Å²) in [6.45, 7) is 2.89. The number of carbonyl (C=O) groups excluding carboxylic acids is 1. The van der Waals surface area contributed by atoms with Crippen molar-refractivity contribution in [3.63, 3.8) is 0 Å². The van der Waals surface area contributed by atoms with Crippen LogP contribution in [0.4, 0.5) is 5.69 Å². The number of benzene rings is 1. The van der Waals surface area contributed by atoms with Crippen LogP contribution in [0.1, 0.15) is 32.6 Å². The Labute approximate surface area is 109 Å². The molecular weight excluding hydrogens is 228 g/mol. The maximum absolute atomic E-state index is 11.5. The van der Waals surface area contributed by atoms with Crippen LogP contribution in [0.25, 0.3) is 0 Å². The van der Waals surface area contributed by atoms with Crippen LogP contribution >= 0.6 is 0 Å². The third-order valence-electron chi connectivity index (χ3n) is 2.63. The van der Waals surface area contributed by atoms with E-state index in [4.69, 9.17) is 10.5 Å². The fourth-order valence-corrected chi connectivity index (χ4v) is 1.59. The first-order valence-corrected chi connectivity index (χ1v) is 6.48. The Hall–Kier alpha value is -1.71. The van der Waals surface area contributed by atoms with Crippen LogP contribution in [0.5, 0.6) is 5.75 Å². The van der Waals surface area contributed by atoms with Gasteiger partial charge in [0.05, 0.1) is 5.69 Å². The van der Waals surface area contributed by atoms with Crippen molar-refractivity contribution in [1.29, 1.82) is 0 Å². The van der Waals surface area contributed by atoms with Gasteiger partial charge < -0.3 is 15.8 Å². The van der Waals surface area contributed by atoms with E-state index in [-0.39, 0.29) is 12.5 Å². The average molecular weight is 250 g/mol. The van der Waals surface area contributed by atoms with Crippen molar-refractivity contribution in [3.05, 3.63) is 24.3 Å². The van der Waals surface area contributed by atoms with Crippen molar-refractivity contribution < 1.29 is 9.53 Å². The molecule has 18 heavy (non-hydrogen) atoms. The minimum atomic E-state index is -0.102. The van der Waals surface area contributed by atoms with Gasteiger partial charge in [0.15, 0.2) is 6.61 Å². The summed E-state index contributed by atoms with van der Waals surface area (Å²) in [5.74, 6) is 0.452. The van der Waals surface area contributed by atoms with Crippen LogP contribution in [0.3, 0.4) is 0 Å².